The Morgan fingerprint density at radius 1 is 1.00 bits per heavy atom. The fraction of sp³-hybridized carbons (Fsp3) is 0.217. The quantitative estimate of drug-likeness (QED) is 0.408. The first-order valence-electron chi connectivity index (χ1n) is 10.1. The van der Waals surface area contributed by atoms with Crippen molar-refractivity contribution in [3.8, 4) is 11.3 Å². The van der Waals surface area contributed by atoms with Gasteiger partial charge in [0.1, 0.15) is 0 Å². The molecule has 1 aliphatic heterocycles. The molecule has 0 atom stereocenters. The van der Waals surface area contributed by atoms with E-state index in [1.54, 1.807) is 11.3 Å². The highest BCUT2D eigenvalue weighted by atomic mass is 35.5. The van der Waals surface area contributed by atoms with Crippen LogP contribution in [0.4, 0.5) is 5.69 Å². The Morgan fingerprint density at radius 2 is 1.74 bits per heavy atom. The number of carbonyl (C=O) groups excluding carboxylic acids is 1. The second-order valence-corrected chi connectivity index (χ2v) is 9.19. The second-order valence-electron chi connectivity index (χ2n) is 7.51. The van der Waals surface area contributed by atoms with E-state index in [4.69, 9.17) is 28.2 Å². The van der Waals surface area contributed by atoms with Crippen LogP contribution in [0.3, 0.4) is 0 Å². The normalized spacial score (nSPS) is 14.4. The molecule has 8 heteroatoms. The van der Waals surface area contributed by atoms with Gasteiger partial charge in [-0.1, -0.05) is 47.5 Å². The third kappa shape index (κ3) is 4.15. The topological polar surface area (TPSA) is 40.9 Å². The molecule has 0 aliphatic carbocycles. The predicted molar refractivity (Wildman–Crippen MR) is 127 cm³/mol. The molecule has 3 heterocycles. The minimum Gasteiger partial charge on any atom is -0.367 e. The maximum absolute atomic E-state index is 13.0. The molecule has 1 fully saturated rings. The van der Waals surface area contributed by atoms with Crippen molar-refractivity contribution in [2.45, 2.75) is 6.42 Å². The van der Waals surface area contributed by atoms with Crippen LogP contribution in [-0.2, 0) is 11.2 Å². The molecule has 4 aromatic rings. The molecule has 0 saturated carbocycles. The van der Waals surface area contributed by atoms with Gasteiger partial charge in [-0.3, -0.25) is 9.20 Å². The molecule has 0 unspecified atom stereocenters. The molecular formula is C23H20Cl2N4OS. The highest BCUT2D eigenvalue weighted by Gasteiger charge is 2.23. The minimum atomic E-state index is 0.139. The fourth-order valence-electron chi connectivity index (χ4n) is 3.89. The van der Waals surface area contributed by atoms with E-state index in [0.29, 0.717) is 24.5 Å². The van der Waals surface area contributed by atoms with Gasteiger partial charge in [-0.05, 0) is 24.3 Å². The van der Waals surface area contributed by atoms with Gasteiger partial charge in [-0.15, -0.1) is 11.3 Å². The van der Waals surface area contributed by atoms with Gasteiger partial charge in [-0.25, -0.2) is 4.98 Å². The number of piperazine rings is 1. The molecule has 5 rings (SSSR count). The molecule has 2 aromatic heterocycles. The Labute approximate surface area is 194 Å². The maximum atomic E-state index is 13.0. The molecule has 1 amide bonds. The molecule has 158 valence electrons. The standard InChI is InChI=1S/C23H20Cl2N4OS/c24-17-7-5-16(6-8-17)20-14-29-18(15-31-23(29)26-20)13-22(30)28-11-9-27(10-12-28)21-4-2-1-3-19(21)25/h1-8,14-15H,9-13H2. The molecule has 0 N–H and O–H groups in total. The summed E-state index contributed by atoms with van der Waals surface area (Å²) in [6.45, 7) is 2.94. The number of thiazole rings is 1. The van der Waals surface area contributed by atoms with Crippen molar-refractivity contribution in [2.75, 3.05) is 31.1 Å². The first-order valence-corrected chi connectivity index (χ1v) is 11.7. The van der Waals surface area contributed by atoms with Crippen LogP contribution in [0.1, 0.15) is 5.69 Å². The summed E-state index contributed by atoms with van der Waals surface area (Å²) < 4.78 is 2.02. The average molecular weight is 471 g/mol. The summed E-state index contributed by atoms with van der Waals surface area (Å²) in [5.41, 5.74) is 3.88. The van der Waals surface area contributed by atoms with Crippen LogP contribution < -0.4 is 4.90 Å². The highest BCUT2D eigenvalue weighted by Crippen LogP contribution is 2.27. The molecule has 1 saturated heterocycles. The number of benzene rings is 2. The smallest absolute Gasteiger partial charge is 0.228 e. The third-order valence-corrected chi connectivity index (χ3v) is 7.04. The van der Waals surface area contributed by atoms with Crippen molar-refractivity contribution in [1.82, 2.24) is 14.3 Å². The van der Waals surface area contributed by atoms with Crippen molar-refractivity contribution in [2.24, 2.45) is 0 Å². The van der Waals surface area contributed by atoms with Crippen LogP contribution >= 0.6 is 34.5 Å². The first kappa shape index (κ1) is 20.4. The van der Waals surface area contributed by atoms with Crippen molar-refractivity contribution in [3.63, 3.8) is 0 Å². The lowest BCUT2D eigenvalue weighted by atomic mass is 10.2. The number of hydrogen-bond acceptors (Lipinski definition) is 4. The summed E-state index contributed by atoms with van der Waals surface area (Å²) >= 11 is 13.9. The van der Waals surface area contributed by atoms with E-state index in [0.717, 1.165) is 45.7 Å². The van der Waals surface area contributed by atoms with Crippen LogP contribution in [0.15, 0.2) is 60.1 Å². The lowest BCUT2D eigenvalue weighted by molar-refractivity contribution is -0.130. The minimum absolute atomic E-state index is 0.139. The number of nitrogens with zero attached hydrogens (tertiary/aromatic N) is 4. The zero-order chi connectivity index (χ0) is 21.4. The van der Waals surface area contributed by atoms with Crippen molar-refractivity contribution >= 4 is 51.1 Å². The Morgan fingerprint density at radius 3 is 2.48 bits per heavy atom. The van der Waals surface area contributed by atoms with Gasteiger partial charge in [0, 0.05) is 54.0 Å². The SMILES string of the molecule is O=C(Cc1csc2nc(-c3ccc(Cl)cc3)cn12)N1CCN(c2ccccc2Cl)CC1. The largest absolute Gasteiger partial charge is 0.367 e. The molecule has 0 radical (unpaired) electrons. The van der Waals surface area contributed by atoms with Crippen molar-refractivity contribution in [1.29, 1.82) is 0 Å². The zero-order valence-corrected chi connectivity index (χ0v) is 19.0. The van der Waals surface area contributed by atoms with Crippen molar-refractivity contribution < 1.29 is 4.79 Å². The summed E-state index contributed by atoms with van der Waals surface area (Å²) in [5, 5.41) is 3.47. The molecule has 2 aromatic carbocycles. The number of aromatic nitrogens is 2. The summed E-state index contributed by atoms with van der Waals surface area (Å²) in [6.07, 6.45) is 2.36. The van der Waals surface area contributed by atoms with Gasteiger partial charge in [0.25, 0.3) is 0 Å². The first-order chi connectivity index (χ1) is 15.1. The van der Waals surface area contributed by atoms with Crippen LogP contribution in [0, 0.1) is 0 Å². The lowest BCUT2D eigenvalue weighted by Gasteiger charge is -2.36. The molecule has 31 heavy (non-hydrogen) atoms. The number of rotatable bonds is 4. The van der Waals surface area contributed by atoms with E-state index < -0.39 is 0 Å². The Bertz CT molecular complexity index is 1230. The highest BCUT2D eigenvalue weighted by molar-refractivity contribution is 7.15. The fourth-order valence-corrected chi connectivity index (χ4v) is 5.14. The summed E-state index contributed by atoms with van der Waals surface area (Å²) in [4.78, 5) is 22.7. The van der Waals surface area contributed by atoms with Gasteiger partial charge >= 0.3 is 0 Å². The Balaban J connectivity index is 1.26. The van der Waals surface area contributed by atoms with E-state index in [2.05, 4.69) is 4.90 Å². The number of halogens is 2. The molecule has 5 nitrogen and oxygen atoms in total. The van der Waals surface area contributed by atoms with Gasteiger partial charge < -0.3 is 9.80 Å². The average Bonchev–Trinajstić information content (AvgIpc) is 3.37. The second kappa shape index (κ2) is 8.54. The summed E-state index contributed by atoms with van der Waals surface area (Å²) in [6, 6.07) is 15.5. The number of para-hydroxylation sites is 1. The van der Waals surface area contributed by atoms with Gasteiger partial charge in [0.05, 0.1) is 22.8 Å². The maximum Gasteiger partial charge on any atom is 0.228 e. The van der Waals surface area contributed by atoms with Crippen LogP contribution in [-0.4, -0.2) is 46.4 Å². The lowest BCUT2D eigenvalue weighted by Crippen LogP contribution is -2.49. The van der Waals surface area contributed by atoms with Crippen LogP contribution in [0.25, 0.3) is 16.2 Å². The number of carbonyl (C=O) groups is 1. The monoisotopic (exact) mass is 470 g/mol. The zero-order valence-electron chi connectivity index (χ0n) is 16.7. The summed E-state index contributed by atoms with van der Waals surface area (Å²) in [5.74, 6) is 0.139. The number of imidazole rings is 1. The number of fused-ring (bicyclic) bond motifs is 1. The van der Waals surface area contributed by atoms with E-state index in [-0.39, 0.29) is 5.91 Å². The summed E-state index contributed by atoms with van der Waals surface area (Å²) in [7, 11) is 0. The van der Waals surface area contributed by atoms with E-state index >= 15 is 0 Å². The van der Waals surface area contributed by atoms with Crippen LogP contribution in [0.2, 0.25) is 10.0 Å². The number of amides is 1. The Kier molecular flexibility index (Phi) is 5.61. The van der Waals surface area contributed by atoms with Gasteiger partial charge in [0.15, 0.2) is 4.96 Å². The third-order valence-electron chi connectivity index (χ3n) is 5.58. The van der Waals surface area contributed by atoms with E-state index in [1.807, 2.05) is 69.4 Å². The van der Waals surface area contributed by atoms with Gasteiger partial charge in [-0.2, -0.15) is 0 Å². The molecule has 1 aliphatic rings. The van der Waals surface area contributed by atoms with Gasteiger partial charge in [0.2, 0.25) is 5.91 Å². The molecule has 0 bridgehead atoms. The number of hydrogen-bond donors (Lipinski definition) is 0. The van der Waals surface area contributed by atoms with Crippen LogP contribution in [0.5, 0.6) is 0 Å². The predicted octanol–water partition coefficient (Wildman–Crippen LogP) is 5.26. The van der Waals surface area contributed by atoms with Crippen molar-refractivity contribution in [3.05, 3.63) is 75.8 Å². The van der Waals surface area contributed by atoms with E-state index in [1.165, 1.54) is 0 Å². The molecular weight excluding hydrogens is 451 g/mol. The Hall–Kier alpha value is -2.54. The van der Waals surface area contributed by atoms with E-state index in [9.17, 15) is 4.79 Å². The number of anilines is 1. The molecule has 0 spiro atoms.